The highest BCUT2D eigenvalue weighted by atomic mass is 79.9. The van der Waals surface area contributed by atoms with Gasteiger partial charge >= 0.3 is 0 Å². The smallest absolute Gasteiger partial charge is 0.223 e. The molecule has 2 nitrogen and oxygen atoms in total. The SMILES string of the molecule is Cc1ccc(CCC(=O)N2CCCC2CCCBr)cc1. The van der Waals surface area contributed by atoms with E-state index in [1.54, 1.807) is 0 Å². The summed E-state index contributed by atoms with van der Waals surface area (Å²) in [6, 6.07) is 8.99. The second kappa shape index (κ2) is 7.82. The van der Waals surface area contributed by atoms with Gasteiger partial charge in [-0.1, -0.05) is 45.8 Å². The second-order valence-electron chi connectivity index (χ2n) is 5.70. The molecule has 0 bridgehead atoms. The lowest BCUT2D eigenvalue weighted by Gasteiger charge is -2.24. The van der Waals surface area contributed by atoms with E-state index in [1.807, 2.05) is 0 Å². The normalized spacial score (nSPS) is 18.5. The molecule has 1 aromatic rings. The molecule has 2 rings (SSSR count). The number of nitrogens with zero attached hydrogens (tertiary/aromatic N) is 1. The van der Waals surface area contributed by atoms with Crippen LogP contribution in [0, 0.1) is 6.92 Å². The lowest BCUT2D eigenvalue weighted by atomic mass is 10.1. The Bertz CT molecular complexity index is 429. The lowest BCUT2D eigenvalue weighted by molar-refractivity contribution is -0.132. The van der Waals surface area contributed by atoms with Crippen molar-refractivity contribution in [3.63, 3.8) is 0 Å². The fraction of sp³-hybridized carbons (Fsp3) is 0.588. The summed E-state index contributed by atoms with van der Waals surface area (Å²) in [5.74, 6) is 0.336. The standard InChI is InChI=1S/C17H24BrNO/c1-14-6-8-15(9-7-14)10-11-17(20)19-13-3-5-16(19)4-2-12-18/h6-9,16H,2-5,10-13H2,1H3. The quantitative estimate of drug-likeness (QED) is 0.716. The Morgan fingerprint density at radius 2 is 2.10 bits per heavy atom. The van der Waals surface area contributed by atoms with Gasteiger partial charge in [0.25, 0.3) is 0 Å². The molecule has 110 valence electrons. The van der Waals surface area contributed by atoms with Crippen LogP contribution in [-0.2, 0) is 11.2 Å². The fourth-order valence-electron chi connectivity index (χ4n) is 2.93. The summed E-state index contributed by atoms with van der Waals surface area (Å²) in [7, 11) is 0. The summed E-state index contributed by atoms with van der Waals surface area (Å²) in [5, 5.41) is 1.04. The molecule has 1 aromatic carbocycles. The zero-order valence-electron chi connectivity index (χ0n) is 12.3. The van der Waals surface area contributed by atoms with Gasteiger partial charge in [-0.05, 0) is 44.6 Å². The van der Waals surface area contributed by atoms with Crippen LogP contribution in [0.1, 0.15) is 43.2 Å². The van der Waals surface area contributed by atoms with Gasteiger partial charge in [0.05, 0.1) is 0 Å². The highest BCUT2D eigenvalue weighted by Gasteiger charge is 2.27. The number of benzene rings is 1. The highest BCUT2D eigenvalue weighted by molar-refractivity contribution is 9.09. The first-order valence-electron chi connectivity index (χ1n) is 7.61. The zero-order chi connectivity index (χ0) is 14.4. The van der Waals surface area contributed by atoms with E-state index in [2.05, 4.69) is 52.0 Å². The molecule has 1 atom stereocenters. The van der Waals surface area contributed by atoms with Gasteiger partial charge in [0.15, 0.2) is 0 Å². The maximum Gasteiger partial charge on any atom is 0.223 e. The van der Waals surface area contributed by atoms with Crippen LogP contribution in [0.5, 0.6) is 0 Å². The molecular formula is C17H24BrNO. The Kier molecular flexibility index (Phi) is 6.08. The van der Waals surface area contributed by atoms with Gasteiger partial charge in [-0.3, -0.25) is 4.79 Å². The van der Waals surface area contributed by atoms with Crippen LogP contribution < -0.4 is 0 Å². The topological polar surface area (TPSA) is 20.3 Å². The predicted octanol–water partition coefficient (Wildman–Crippen LogP) is 4.09. The second-order valence-corrected chi connectivity index (χ2v) is 6.49. The molecule has 1 aliphatic heterocycles. The number of rotatable bonds is 6. The van der Waals surface area contributed by atoms with Crippen LogP contribution in [0.25, 0.3) is 0 Å². The monoisotopic (exact) mass is 337 g/mol. The molecule has 0 aromatic heterocycles. The molecular weight excluding hydrogens is 314 g/mol. The summed E-state index contributed by atoms with van der Waals surface area (Å²) < 4.78 is 0. The number of alkyl halides is 1. The fourth-order valence-corrected chi connectivity index (χ4v) is 3.25. The summed E-state index contributed by atoms with van der Waals surface area (Å²) in [5.41, 5.74) is 2.54. The number of carbonyl (C=O) groups excluding carboxylic acids is 1. The van der Waals surface area contributed by atoms with E-state index in [0.717, 1.165) is 31.1 Å². The van der Waals surface area contributed by atoms with Crippen molar-refractivity contribution in [2.45, 2.75) is 51.5 Å². The van der Waals surface area contributed by atoms with E-state index < -0.39 is 0 Å². The molecule has 0 saturated carbocycles. The lowest BCUT2D eigenvalue weighted by Crippen LogP contribution is -2.35. The summed E-state index contributed by atoms with van der Waals surface area (Å²) in [6.07, 6.45) is 6.16. The molecule has 0 radical (unpaired) electrons. The van der Waals surface area contributed by atoms with Crippen LogP contribution >= 0.6 is 15.9 Å². The minimum absolute atomic E-state index is 0.336. The van der Waals surface area contributed by atoms with E-state index in [0.29, 0.717) is 18.4 Å². The predicted molar refractivity (Wildman–Crippen MR) is 87.3 cm³/mol. The first-order chi connectivity index (χ1) is 9.70. The molecule has 3 heteroatoms. The average molecular weight is 338 g/mol. The van der Waals surface area contributed by atoms with Crippen molar-refractivity contribution in [1.29, 1.82) is 0 Å². The Labute approximate surface area is 130 Å². The molecule has 1 fully saturated rings. The summed E-state index contributed by atoms with van der Waals surface area (Å²) in [6.45, 7) is 3.05. The third-order valence-corrected chi connectivity index (χ3v) is 4.68. The van der Waals surface area contributed by atoms with Gasteiger partial charge in [-0.15, -0.1) is 0 Å². The average Bonchev–Trinajstić information content (AvgIpc) is 2.92. The minimum Gasteiger partial charge on any atom is -0.340 e. The molecule has 0 N–H and O–H groups in total. The Morgan fingerprint density at radius 3 is 2.80 bits per heavy atom. The summed E-state index contributed by atoms with van der Waals surface area (Å²) >= 11 is 3.48. The molecule has 1 saturated heterocycles. The zero-order valence-corrected chi connectivity index (χ0v) is 13.9. The van der Waals surface area contributed by atoms with Crippen molar-refractivity contribution in [2.75, 3.05) is 11.9 Å². The van der Waals surface area contributed by atoms with E-state index in [4.69, 9.17) is 0 Å². The maximum absolute atomic E-state index is 12.4. The van der Waals surface area contributed by atoms with E-state index in [-0.39, 0.29) is 0 Å². The number of halogens is 1. The molecule has 20 heavy (non-hydrogen) atoms. The van der Waals surface area contributed by atoms with Crippen molar-refractivity contribution in [2.24, 2.45) is 0 Å². The van der Waals surface area contributed by atoms with Gasteiger partial charge in [-0.2, -0.15) is 0 Å². The highest BCUT2D eigenvalue weighted by Crippen LogP contribution is 2.23. The van der Waals surface area contributed by atoms with Crippen molar-refractivity contribution >= 4 is 21.8 Å². The Balaban J connectivity index is 1.83. The molecule has 0 aliphatic carbocycles. The van der Waals surface area contributed by atoms with Crippen molar-refractivity contribution in [3.05, 3.63) is 35.4 Å². The van der Waals surface area contributed by atoms with Gasteiger partial charge in [-0.25, -0.2) is 0 Å². The van der Waals surface area contributed by atoms with Gasteiger partial charge in [0, 0.05) is 24.3 Å². The minimum atomic E-state index is 0.336. The first-order valence-corrected chi connectivity index (χ1v) is 8.74. The van der Waals surface area contributed by atoms with Gasteiger partial charge in [0.2, 0.25) is 5.91 Å². The van der Waals surface area contributed by atoms with Crippen molar-refractivity contribution in [3.8, 4) is 0 Å². The number of aryl methyl sites for hydroxylation is 2. The largest absolute Gasteiger partial charge is 0.340 e. The summed E-state index contributed by atoms with van der Waals surface area (Å²) in [4.78, 5) is 14.5. The van der Waals surface area contributed by atoms with Gasteiger partial charge < -0.3 is 4.90 Å². The van der Waals surface area contributed by atoms with Crippen LogP contribution in [-0.4, -0.2) is 28.7 Å². The van der Waals surface area contributed by atoms with Gasteiger partial charge in [0.1, 0.15) is 0 Å². The van der Waals surface area contributed by atoms with E-state index in [9.17, 15) is 4.79 Å². The molecule has 0 spiro atoms. The number of amides is 1. The number of carbonyl (C=O) groups is 1. The number of hydrogen-bond acceptors (Lipinski definition) is 1. The molecule has 1 amide bonds. The Morgan fingerprint density at radius 1 is 1.35 bits per heavy atom. The number of hydrogen-bond donors (Lipinski definition) is 0. The van der Waals surface area contributed by atoms with Crippen LogP contribution in [0.4, 0.5) is 0 Å². The van der Waals surface area contributed by atoms with E-state index >= 15 is 0 Å². The van der Waals surface area contributed by atoms with E-state index in [1.165, 1.54) is 24.0 Å². The number of likely N-dealkylation sites (tertiary alicyclic amines) is 1. The van der Waals surface area contributed by atoms with Crippen LogP contribution in [0.3, 0.4) is 0 Å². The van der Waals surface area contributed by atoms with Crippen LogP contribution in [0.15, 0.2) is 24.3 Å². The Hall–Kier alpha value is -0.830. The van der Waals surface area contributed by atoms with Crippen molar-refractivity contribution in [1.82, 2.24) is 4.90 Å². The first kappa shape index (κ1) is 15.6. The molecule has 1 aliphatic rings. The maximum atomic E-state index is 12.4. The molecule has 1 heterocycles. The van der Waals surface area contributed by atoms with Crippen LogP contribution in [0.2, 0.25) is 0 Å². The molecule has 1 unspecified atom stereocenters. The third kappa shape index (κ3) is 4.34. The third-order valence-electron chi connectivity index (χ3n) is 4.12. The van der Waals surface area contributed by atoms with Crippen molar-refractivity contribution < 1.29 is 4.79 Å².